The van der Waals surface area contributed by atoms with Gasteiger partial charge in [-0.3, -0.25) is 0 Å². The van der Waals surface area contributed by atoms with E-state index in [-0.39, 0.29) is 0 Å². The Morgan fingerprint density at radius 1 is 1.18 bits per heavy atom. The lowest BCUT2D eigenvalue weighted by molar-refractivity contribution is 0.301. The molecule has 2 aromatic rings. The lowest BCUT2D eigenvalue weighted by Crippen LogP contribution is -2.02. The number of ether oxygens (including phenoxy) is 1. The number of aryl methyl sites for hydroxylation is 1. The number of hydrogen-bond acceptors (Lipinski definition) is 3. The van der Waals surface area contributed by atoms with Crippen LogP contribution >= 0.6 is 15.9 Å². The minimum atomic E-state index is 0.697. The third-order valence-corrected chi connectivity index (χ3v) is 3.01. The number of halogens is 1. The molecule has 0 spiro atoms. The number of rotatable bonds is 5. The van der Waals surface area contributed by atoms with E-state index >= 15 is 0 Å². The van der Waals surface area contributed by atoms with Crippen molar-refractivity contribution in [2.45, 2.75) is 19.8 Å². The first-order valence-electron chi connectivity index (χ1n) is 5.73. The molecule has 2 rings (SSSR count). The molecule has 0 aliphatic rings. The molecule has 0 aliphatic carbocycles. The van der Waals surface area contributed by atoms with Crippen LogP contribution in [0.15, 0.2) is 24.3 Å². The van der Waals surface area contributed by atoms with E-state index < -0.39 is 0 Å². The van der Waals surface area contributed by atoms with Crippen molar-refractivity contribution in [1.29, 1.82) is 0 Å². The van der Waals surface area contributed by atoms with Crippen molar-refractivity contribution in [3.63, 3.8) is 0 Å². The standard InChI is InChI=1S/C13H15BrN2O/c1-10-15-12-7-3-2-6-11(12)13(16-10)17-9-5-4-8-14/h2-3,6-7H,4-5,8-9H2,1H3. The maximum atomic E-state index is 5.73. The van der Waals surface area contributed by atoms with Gasteiger partial charge in [0.1, 0.15) is 5.82 Å². The molecule has 17 heavy (non-hydrogen) atoms. The predicted octanol–water partition coefficient (Wildman–Crippen LogP) is 3.49. The molecule has 0 atom stereocenters. The van der Waals surface area contributed by atoms with E-state index in [4.69, 9.17) is 4.74 Å². The summed E-state index contributed by atoms with van der Waals surface area (Å²) in [7, 11) is 0. The molecule has 0 N–H and O–H groups in total. The number of hydrogen-bond donors (Lipinski definition) is 0. The quantitative estimate of drug-likeness (QED) is 0.625. The Kier molecular flexibility index (Phi) is 4.31. The van der Waals surface area contributed by atoms with Gasteiger partial charge in [0.2, 0.25) is 5.88 Å². The third kappa shape index (κ3) is 3.16. The Morgan fingerprint density at radius 3 is 2.82 bits per heavy atom. The van der Waals surface area contributed by atoms with E-state index in [9.17, 15) is 0 Å². The normalized spacial score (nSPS) is 10.7. The second-order valence-electron chi connectivity index (χ2n) is 3.84. The Morgan fingerprint density at radius 2 is 2.00 bits per heavy atom. The van der Waals surface area contributed by atoms with E-state index in [1.165, 1.54) is 0 Å². The second-order valence-corrected chi connectivity index (χ2v) is 4.63. The first-order chi connectivity index (χ1) is 8.31. The number of aromatic nitrogens is 2. The molecule has 0 bridgehead atoms. The molecule has 0 unspecified atom stereocenters. The van der Waals surface area contributed by atoms with Crippen LogP contribution in [0.1, 0.15) is 18.7 Å². The largest absolute Gasteiger partial charge is 0.477 e. The number of unbranched alkanes of at least 4 members (excludes halogenated alkanes) is 1. The zero-order valence-corrected chi connectivity index (χ0v) is 11.4. The van der Waals surface area contributed by atoms with Gasteiger partial charge in [0.15, 0.2) is 0 Å². The van der Waals surface area contributed by atoms with Gasteiger partial charge in [-0.1, -0.05) is 28.1 Å². The molecule has 1 aromatic carbocycles. The number of alkyl halides is 1. The summed E-state index contributed by atoms with van der Waals surface area (Å²) in [6.07, 6.45) is 2.14. The Labute approximate surface area is 109 Å². The number of para-hydroxylation sites is 1. The number of fused-ring (bicyclic) bond motifs is 1. The van der Waals surface area contributed by atoms with Crippen molar-refractivity contribution < 1.29 is 4.74 Å². The lowest BCUT2D eigenvalue weighted by atomic mass is 10.2. The average Bonchev–Trinajstić information content (AvgIpc) is 2.34. The summed E-state index contributed by atoms with van der Waals surface area (Å²) in [5, 5.41) is 2.00. The second kappa shape index (κ2) is 5.96. The van der Waals surface area contributed by atoms with Gasteiger partial charge in [0.25, 0.3) is 0 Å². The van der Waals surface area contributed by atoms with Crippen LogP contribution in [0.2, 0.25) is 0 Å². The van der Waals surface area contributed by atoms with Crippen LogP contribution in [0.4, 0.5) is 0 Å². The molecule has 4 heteroatoms. The number of benzene rings is 1. The van der Waals surface area contributed by atoms with Crippen LogP contribution < -0.4 is 4.74 Å². The molecule has 0 fully saturated rings. The molecule has 1 heterocycles. The summed E-state index contributed by atoms with van der Waals surface area (Å²) in [5.74, 6) is 1.45. The van der Waals surface area contributed by atoms with Crippen LogP contribution in [-0.4, -0.2) is 21.9 Å². The first kappa shape index (κ1) is 12.3. The van der Waals surface area contributed by atoms with Gasteiger partial charge in [-0.2, -0.15) is 4.98 Å². The topological polar surface area (TPSA) is 35.0 Å². The fourth-order valence-electron chi connectivity index (χ4n) is 1.63. The lowest BCUT2D eigenvalue weighted by Gasteiger charge is -2.08. The molecule has 0 saturated carbocycles. The highest BCUT2D eigenvalue weighted by molar-refractivity contribution is 9.09. The monoisotopic (exact) mass is 294 g/mol. The summed E-state index contributed by atoms with van der Waals surface area (Å²) in [5.41, 5.74) is 0.940. The van der Waals surface area contributed by atoms with Crippen LogP contribution in [-0.2, 0) is 0 Å². The predicted molar refractivity (Wildman–Crippen MR) is 72.8 cm³/mol. The summed E-state index contributed by atoms with van der Waals surface area (Å²) < 4.78 is 5.73. The summed E-state index contributed by atoms with van der Waals surface area (Å²) in [6, 6.07) is 7.93. The third-order valence-electron chi connectivity index (χ3n) is 2.45. The van der Waals surface area contributed by atoms with Crippen LogP contribution in [0.25, 0.3) is 10.9 Å². The minimum absolute atomic E-state index is 0.697. The van der Waals surface area contributed by atoms with Gasteiger partial charge >= 0.3 is 0 Å². The summed E-state index contributed by atoms with van der Waals surface area (Å²) >= 11 is 3.41. The molecule has 0 amide bonds. The van der Waals surface area contributed by atoms with Crippen LogP contribution in [0, 0.1) is 6.92 Å². The highest BCUT2D eigenvalue weighted by Crippen LogP contribution is 2.22. The Hall–Kier alpha value is -1.16. The molecule has 0 aliphatic heterocycles. The molecular formula is C13H15BrN2O. The first-order valence-corrected chi connectivity index (χ1v) is 6.85. The number of nitrogens with zero attached hydrogens (tertiary/aromatic N) is 2. The zero-order chi connectivity index (χ0) is 12.1. The van der Waals surface area contributed by atoms with Crippen molar-refractivity contribution in [2.75, 3.05) is 11.9 Å². The Balaban J connectivity index is 2.20. The van der Waals surface area contributed by atoms with Gasteiger partial charge in [0.05, 0.1) is 17.5 Å². The maximum absolute atomic E-state index is 5.73. The van der Waals surface area contributed by atoms with Gasteiger partial charge in [-0.25, -0.2) is 4.98 Å². The maximum Gasteiger partial charge on any atom is 0.224 e. The molecule has 3 nitrogen and oxygen atoms in total. The SMILES string of the molecule is Cc1nc(OCCCCBr)c2ccccc2n1. The van der Waals surface area contributed by atoms with Gasteiger partial charge in [-0.15, -0.1) is 0 Å². The van der Waals surface area contributed by atoms with Crippen molar-refractivity contribution in [3.05, 3.63) is 30.1 Å². The molecule has 1 aromatic heterocycles. The van der Waals surface area contributed by atoms with E-state index in [0.29, 0.717) is 12.5 Å². The minimum Gasteiger partial charge on any atom is -0.477 e. The van der Waals surface area contributed by atoms with E-state index in [2.05, 4.69) is 25.9 Å². The van der Waals surface area contributed by atoms with Crippen molar-refractivity contribution in [1.82, 2.24) is 9.97 Å². The van der Waals surface area contributed by atoms with Crippen LogP contribution in [0.3, 0.4) is 0 Å². The fraction of sp³-hybridized carbons (Fsp3) is 0.385. The fourth-order valence-corrected chi connectivity index (χ4v) is 2.03. The Bertz CT molecular complexity index is 502. The summed E-state index contributed by atoms with van der Waals surface area (Å²) in [6.45, 7) is 2.59. The highest BCUT2D eigenvalue weighted by atomic mass is 79.9. The molecular weight excluding hydrogens is 280 g/mol. The molecule has 90 valence electrons. The van der Waals surface area contributed by atoms with Gasteiger partial charge < -0.3 is 4.74 Å². The average molecular weight is 295 g/mol. The summed E-state index contributed by atoms with van der Waals surface area (Å²) in [4.78, 5) is 8.74. The molecule has 0 saturated heterocycles. The molecule has 0 radical (unpaired) electrons. The van der Waals surface area contributed by atoms with Crippen molar-refractivity contribution in [2.24, 2.45) is 0 Å². The zero-order valence-electron chi connectivity index (χ0n) is 9.82. The van der Waals surface area contributed by atoms with E-state index in [0.717, 1.165) is 34.9 Å². The van der Waals surface area contributed by atoms with Crippen LogP contribution in [0.5, 0.6) is 5.88 Å². The van der Waals surface area contributed by atoms with Gasteiger partial charge in [-0.05, 0) is 31.9 Å². The van der Waals surface area contributed by atoms with Crippen molar-refractivity contribution >= 4 is 26.8 Å². The highest BCUT2D eigenvalue weighted by Gasteiger charge is 2.05. The van der Waals surface area contributed by atoms with Gasteiger partial charge in [0, 0.05) is 5.33 Å². The van der Waals surface area contributed by atoms with E-state index in [1.807, 2.05) is 31.2 Å². The van der Waals surface area contributed by atoms with Crippen molar-refractivity contribution in [3.8, 4) is 5.88 Å². The van der Waals surface area contributed by atoms with E-state index in [1.54, 1.807) is 0 Å². The smallest absolute Gasteiger partial charge is 0.224 e.